The minimum Gasteiger partial charge on any atom is -0.368 e. The van der Waals surface area contributed by atoms with Crippen LogP contribution in [0.15, 0.2) is 47.4 Å². The molecule has 1 fully saturated rings. The summed E-state index contributed by atoms with van der Waals surface area (Å²) in [7, 11) is -3.75. The Morgan fingerprint density at radius 3 is 2.53 bits per heavy atom. The van der Waals surface area contributed by atoms with Gasteiger partial charge in [0.2, 0.25) is 11.0 Å². The Hall–Kier alpha value is -2.89. The number of nitrogens with one attached hydrogen (secondary N) is 1. The fourth-order valence-electron chi connectivity index (χ4n) is 5.03. The third-order valence-corrected chi connectivity index (χ3v) is 9.52. The molecule has 3 aromatic rings. The predicted octanol–water partition coefficient (Wildman–Crippen LogP) is 4.04. The van der Waals surface area contributed by atoms with E-state index < -0.39 is 10.0 Å². The second-order valence-electron chi connectivity index (χ2n) is 9.53. The standard InChI is InChI=1S/C26H31ClN6O3S2/c1-3-24-28-26(37-29-24)30-38(35,36)22-9-7-21(8-10-22)31-13-15-32(16-14-31)25(34)18(2)33-12-4-5-19-17-20(27)6-11-23(19)33/h6-11,17-18H,3-5,12-16H2,1-2H3,(H,28,29,30)/t18-/m1/s1. The second kappa shape index (κ2) is 11.1. The first-order valence-electron chi connectivity index (χ1n) is 12.8. The van der Waals surface area contributed by atoms with Crippen molar-refractivity contribution in [2.24, 2.45) is 0 Å². The summed E-state index contributed by atoms with van der Waals surface area (Å²) in [6.45, 7) is 7.34. The van der Waals surface area contributed by atoms with Crippen molar-refractivity contribution in [2.75, 3.05) is 47.2 Å². The van der Waals surface area contributed by atoms with E-state index in [2.05, 4.69) is 23.9 Å². The largest absolute Gasteiger partial charge is 0.368 e. The number of benzene rings is 2. The lowest BCUT2D eigenvalue weighted by Crippen LogP contribution is -2.55. The van der Waals surface area contributed by atoms with E-state index in [9.17, 15) is 13.2 Å². The highest BCUT2D eigenvalue weighted by Gasteiger charge is 2.31. The van der Waals surface area contributed by atoms with E-state index in [-0.39, 0.29) is 22.0 Å². The van der Waals surface area contributed by atoms with Crippen molar-refractivity contribution in [3.8, 4) is 0 Å². The zero-order valence-electron chi connectivity index (χ0n) is 21.4. The third-order valence-electron chi connectivity index (χ3n) is 7.13. The van der Waals surface area contributed by atoms with Gasteiger partial charge >= 0.3 is 0 Å². The number of hydrogen-bond acceptors (Lipinski definition) is 8. The molecule has 0 radical (unpaired) electrons. The van der Waals surface area contributed by atoms with Crippen molar-refractivity contribution in [1.29, 1.82) is 0 Å². The third kappa shape index (κ3) is 5.60. The Balaban J connectivity index is 1.19. The van der Waals surface area contributed by atoms with Gasteiger partial charge in [0, 0.05) is 67.1 Å². The van der Waals surface area contributed by atoms with Crippen LogP contribution in [0.2, 0.25) is 5.02 Å². The van der Waals surface area contributed by atoms with E-state index in [1.807, 2.05) is 49.1 Å². The number of carbonyl (C=O) groups is 1. The number of sulfonamides is 1. The molecule has 2 aromatic carbocycles. The van der Waals surface area contributed by atoms with Crippen LogP contribution in [0.4, 0.5) is 16.5 Å². The van der Waals surface area contributed by atoms with Gasteiger partial charge in [-0.1, -0.05) is 18.5 Å². The number of fused-ring (bicyclic) bond motifs is 1. The SMILES string of the molecule is CCc1nsc(NS(=O)(=O)c2ccc(N3CCN(C(=O)[C@@H](C)N4CCCc5cc(Cl)ccc54)CC3)cc2)n1. The molecule has 2 aliphatic heterocycles. The number of anilines is 3. The van der Waals surface area contributed by atoms with Gasteiger partial charge in [0.15, 0.2) is 0 Å². The number of rotatable bonds is 7. The summed E-state index contributed by atoms with van der Waals surface area (Å²) in [4.78, 5) is 24.0. The minimum absolute atomic E-state index is 0.128. The first-order valence-corrected chi connectivity index (χ1v) is 15.4. The summed E-state index contributed by atoms with van der Waals surface area (Å²) in [5.74, 6) is 0.739. The number of hydrogen-bond donors (Lipinski definition) is 1. The molecule has 2 aliphatic rings. The lowest BCUT2D eigenvalue weighted by molar-refractivity contribution is -0.132. The molecule has 0 aliphatic carbocycles. The quantitative estimate of drug-likeness (QED) is 0.454. The number of aromatic nitrogens is 2. The summed E-state index contributed by atoms with van der Waals surface area (Å²) >= 11 is 7.22. The zero-order chi connectivity index (χ0) is 26.9. The zero-order valence-corrected chi connectivity index (χ0v) is 23.8. The molecule has 5 rings (SSSR count). The molecule has 38 heavy (non-hydrogen) atoms. The van der Waals surface area contributed by atoms with Gasteiger partial charge in [0.1, 0.15) is 11.9 Å². The van der Waals surface area contributed by atoms with E-state index in [1.54, 1.807) is 12.1 Å². The maximum Gasteiger partial charge on any atom is 0.263 e. The van der Waals surface area contributed by atoms with Crippen molar-refractivity contribution in [2.45, 2.75) is 44.0 Å². The predicted molar refractivity (Wildman–Crippen MR) is 152 cm³/mol. The maximum atomic E-state index is 13.4. The van der Waals surface area contributed by atoms with Crippen LogP contribution in [0.25, 0.3) is 0 Å². The Labute approximate surface area is 232 Å². The summed E-state index contributed by atoms with van der Waals surface area (Å²) in [6, 6.07) is 12.5. The van der Waals surface area contributed by atoms with Crippen molar-refractivity contribution in [1.82, 2.24) is 14.3 Å². The number of halogens is 1. The highest BCUT2D eigenvalue weighted by Crippen LogP contribution is 2.31. The molecule has 0 unspecified atom stereocenters. The fraction of sp³-hybridized carbons (Fsp3) is 0.423. The summed E-state index contributed by atoms with van der Waals surface area (Å²) in [5, 5.41) is 0.989. The molecule has 1 aromatic heterocycles. The van der Waals surface area contributed by atoms with Gasteiger partial charge in [-0.05, 0) is 67.8 Å². The van der Waals surface area contributed by atoms with Crippen LogP contribution in [0.1, 0.15) is 31.7 Å². The normalized spacial score (nSPS) is 16.8. The molecule has 1 saturated heterocycles. The average Bonchev–Trinajstić information content (AvgIpc) is 3.38. The van der Waals surface area contributed by atoms with Crippen LogP contribution in [0.3, 0.4) is 0 Å². The summed E-state index contributed by atoms with van der Waals surface area (Å²) < 4.78 is 32.1. The molecular weight excluding hydrogens is 544 g/mol. The van der Waals surface area contributed by atoms with E-state index in [0.717, 1.165) is 47.3 Å². The Morgan fingerprint density at radius 1 is 1.11 bits per heavy atom. The van der Waals surface area contributed by atoms with Crippen LogP contribution >= 0.6 is 23.1 Å². The fourth-order valence-corrected chi connectivity index (χ4v) is 7.10. The lowest BCUT2D eigenvalue weighted by atomic mass is 10.00. The van der Waals surface area contributed by atoms with E-state index >= 15 is 0 Å². The van der Waals surface area contributed by atoms with E-state index in [4.69, 9.17) is 11.6 Å². The molecule has 1 amide bonds. The summed E-state index contributed by atoms with van der Waals surface area (Å²) in [6.07, 6.45) is 2.62. The van der Waals surface area contributed by atoms with Gasteiger partial charge < -0.3 is 14.7 Å². The Kier molecular flexibility index (Phi) is 7.78. The molecular formula is C26H31ClN6O3S2. The van der Waals surface area contributed by atoms with Crippen LogP contribution in [0.5, 0.6) is 0 Å². The van der Waals surface area contributed by atoms with Crippen molar-refractivity contribution >= 4 is 55.6 Å². The molecule has 1 atom stereocenters. The van der Waals surface area contributed by atoms with E-state index in [0.29, 0.717) is 38.4 Å². The van der Waals surface area contributed by atoms with Crippen molar-refractivity contribution in [3.05, 3.63) is 58.9 Å². The molecule has 1 N–H and O–H groups in total. The number of piperazine rings is 1. The van der Waals surface area contributed by atoms with Crippen molar-refractivity contribution < 1.29 is 13.2 Å². The van der Waals surface area contributed by atoms with Gasteiger partial charge in [-0.25, -0.2) is 13.4 Å². The smallest absolute Gasteiger partial charge is 0.263 e. The van der Waals surface area contributed by atoms with Crippen LogP contribution in [0, 0.1) is 0 Å². The second-order valence-corrected chi connectivity index (χ2v) is 12.4. The van der Waals surface area contributed by atoms with Gasteiger partial charge in [-0.2, -0.15) is 4.37 Å². The molecule has 12 heteroatoms. The number of nitrogens with zero attached hydrogens (tertiary/aromatic N) is 5. The topological polar surface area (TPSA) is 98.7 Å². The van der Waals surface area contributed by atoms with Crippen LogP contribution in [-0.4, -0.2) is 67.3 Å². The molecule has 202 valence electrons. The number of aryl methyl sites for hydroxylation is 2. The van der Waals surface area contributed by atoms with Gasteiger partial charge in [-0.3, -0.25) is 9.52 Å². The Morgan fingerprint density at radius 2 is 1.84 bits per heavy atom. The van der Waals surface area contributed by atoms with Gasteiger partial charge in [-0.15, -0.1) is 0 Å². The molecule has 3 heterocycles. The highest BCUT2D eigenvalue weighted by atomic mass is 35.5. The van der Waals surface area contributed by atoms with Crippen LogP contribution < -0.4 is 14.5 Å². The Bertz CT molecular complexity index is 1400. The van der Waals surface area contributed by atoms with Crippen LogP contribution in [-0.2, 0) is 27.7 Å². The van der Waals surface area contributed by atoms with Gasteiger partial charge in [0.25, 0.3) is 10.0 Å². The highest BCUT2D eigenvalue weighted by molar-refractivity contribution is 7.93. The molecule has 0 bridgehead atoms. The maximum absolute atomic E-state index is 13.4. The molecule has 0 spiro atoms. The van der Waals surface area contributed by atoms with Crippen molar-refractivity contribution in [3.63, 3.8) is 0 Å². The molecule has 9 nitrogen and oxygen atoms in total. The number of amides is 1. The average molecular weight is 575 g/mol. The van der Waals surface area contributed by atoms with Gasteiger partial charge in [0.05, 0.1) is 4.90 Å². The minimum atomic E-state index is -3.75. The monoisotopic (exact) mass is 574 g/mol. The first kappa shape index (κ1) is 26.7. The van der Waals surface area contributed by atoms with E-state index in [1.165, 1.54) is 5.56 Å². The molecule has 0 saturated carbocycles. The lowest BCUT2D eigenvalue weighted by Gasteiger charge is -2.41. The summed E-state index contributed by atoms with van der Waals surface area (Å²) in [5.41, 5.74) is 3.22. The number of carbonyl (C=O) groups excluding carboxylic acids is 1. The first-order chi connectivity index (χ1) is 18.2.